The third-order valence-corrected chi connectivity index (χ3v) is 6.81. The highest BCUT2D eigenvalue weighted by Crippen LogP contribution is 2.40. The molecule has 2 N–H and O–H groups in total. The summed E-state index contributed by atoms with van der Waals surface area (Å²) in [7, 11) is 0. The molecule has 1 atom stereocenters. The van der Waals surface area contributed by atoms with Gasteiger partial charge in [-0.3, -0.25) is 4.79 Å². The Morgan fingerprint density at radius 2 is 2.36 bits per heavy atom. The van der Waals surface area contributed by atoms with E-state index in [9.17, 15) is 4.79 Å². The van der Waals surface area contributed by atoms with Crippen LogP contribution in [0.5, 0.6) is 0 Å². The molecular weight excluding hydrogens is 358 g/mol. The Labute approximate surface area is 150 Å². The van der Waals surface area contributed by atoms with Crippen molar-refractivity contribution in [3.8, 4) is 0 Å². The summed E-state index contributed by atoms with van der Waals surface area (Å²) in [6, 6.07) is 0. The zero-order valence-corrected chi connectivity index (χ0v) is 15.1. The minimum Gasteiger partial charge on any atom is -0.369 e. The normalized spacial score (nSPS) is 17.6. The minimum atomic E-state index is -0.376. The average Bonchev–Trinajstić information content (AvgIpc) is 3.27. The van der Waals surface area contributed by atoms with E-state index in [0.717, 1.165) is 28.7 Å². The lowest BCUT2D eigenvalue weighted by atomic mass is 9.89. The number of hydrogen-bond acceptors (Lipinski definition) is 7. The van der Waals surface area contributed by atoms with Gasteiger partial charge in [0.05, 0.1) is 11.1 Å². The van der Waals surface area contributed by atoms with Gasteiger partial charge in [0.15, 0.2) is 10.8 Å². The van der Waals surface area contributed by atoms with Crippen molar-refractivity contribution in [2.24, 2.45) is 11.7 Å². The van der Waals surface area contributed by atoms with E-state index >= 15 is 0 Å². The second kappa shape index (κ2) is 5.40. The number of carbonyl (C=O) groups excluding carboxylic acids is 1. The zero-order chi connectivity index (χ0) is 17.1. The van der Waals surface area contributed by atoms with Gasteiger partial charge in [0, 0.05) is 4.88 Å². The first-order chi connectivity index (χ1) is 12.1. The van der Waals surface area contributed by atoms with Gasteiger partial charge in [-0.05, 0) is 30.7 Å². The van der Waals surface area contributed by atoms with Crippen molar-refractivity contribution in [1.82, 2.24) is 29.2 Å². The SMILES string of the molecule is C[C@@H]1CCc2c(sc3c2c2ncnn2c2nnc(SCC(N)=O)n32)C1. The molecule has 0 saturated heterocycles. The van der Waals surface area contributed by atoms with Crippen molar-refractivity contribution in [2.75, 3.05) is 5.75 Å². The number of primary amides is 1. The number of amides is 1. The van der Waals surface area contributed by atoms with Crippen molar-refractivity contribution >= 4 is 50.6 Å². The van der Waals surface area contributed by atoms with Crippen LogP contribution in [0.15, 0.2) is 11.5 Å². The van der Waals surface area contributed by atoms with Crippen LogP contribution >= 0.6 is 23.1 Å². The van der Waals surface area contributed by atoms with Crippen molar-refractivity contribution < 1.29 is 4.79 Å². The maximum absolute atomic E-state index is 11.2. The second-order valence-corrected chi connectivity index (χ2v) is 8.43. The minimum absolute atomic E-state index is 0.166. The molecule has 0 bridgehead atoms. The van der Waals surface area contributed by atoms with E-state index in [1.165, 1.54) is 28.6 Å². The summed E-state index contributed by atoms with van der Waals surface area (Å²) in [6.07, 6.45) is 4.87. The van der Waals surface area contributed by atoms with Gasteiger partial charge in [0.25, 0.3) is 5.78 Å². The molecule has 0 aromatic carbocycles. The summed E-state index contributed by atoms with van der Waals surface area (Å²) in [5.74, 6) is 1.09. The molecule has 8 nitrogen and oxygen atoms in total. The number of rotatable bonds is 3. The molecule has 0 aliphatic heterocycles. The first kappa shape index (κ1) is 15.1. The summed E-state index contributed by atoms with van der Waals surface area (Å²) in [6.45, 7) is 2.29. The Bertz CT molecular complexity index is 1140. The van der Waals surface area contributed by atoms with Crippen LogP contribution in [0.1, 0.15) is 23.8 Å². The number of aromatic nitrogens is 6. The number of carbonyl (C=O) groups is 1. The molecule has 25 heavy (non-hydrogen) atoms. The lowest BCUT2D eigenvalue weighted by molar-refractivity contribution is -0.115. The number of aryl methyl sites for hydroxylation is 1. The number of nitrogens with two attached hydrogens (primary N) is 1. The highest BCUT2D eigenvalue weighted by atomic mass is 32.2. The van der Waals surface area contributed by atoms with Crippen molar-refractivity contribution in [3.05, 3.63) is 16.8 Å². The van der Waals surface area contributed by atoms with Gasteiger partial charge in [0.1, 0.15) is 11.2 Å². The highest BCUT2D eigenvalue weighted by Gasteiger charge is 2.26. The zero-order valence-electron chi connectivity index (χ0n) is 13.5. The summed E-state index contributed by atoms with van der Waals surface area (Å²) < 4.78 is 3.72. The van der Waals surface area contributed by atoms with Crippen molar-refractivity contribution in [3.63, 3.8) is 0 Å². The Morgan fingerprint density at radius 1 is 1.48 bits per heavy atom. The average molecular weight is 373 g/mol. The van der Waals surface area contributed by atoms with Gasteiger partial charge < -0.3 is 5.73 Å². The lowest BCUT2D eigenvalue weighted by Gasteiger charge is -2.17. The van der Waals surface area contributed by atoms with Gasteiger partial charge in [-0.15, -0.1) is 21.5 Å². The van der Waals surface area contributed by atoms with Crippen molar-refractivity contribution in [1.29, 1.82) is 0 Å². The quantitative estimate of drug-likeness (QED) is 0.548. The topological polar surface area (TPSA) is 103 Å². The molecule has 0 radical (unpaired) electrons. The molecule has 4 aromatic heterocycles. The maximum Gasteiger partial charge on any atom is 0.260 e. The van der Waals surface area contributed by atoms with Crippen LogP contribution in [0, 0.1) is 5.92 Å². The second-order valence-electron chi connectivity index (χ2n) is 6.40. The molecule has 1 aliphatic rings. The Morgan fingerprint density at radius 3 is 3.20 bits per heavy atom. The number of thiophene rings is 1. The van der Waals surface area contributed by atoms with Crippen LogP contribution in [0.2, 0.25) is 0 Å². The fourth-order valence-corrected chi connectivity index (χ4v) is 5.72. The Balaban J connectivity index is 1.86. The predicted molar refractivity (Wildman–Crippen MR) is 96.0 cm³/mol. The summed E-state index contributed by atoms with van der Waals surface area (Å²) >= 11 is 3.07. The van der Waals surface area contributed by atoms with Gasteiger partial charge in [-0.2, -0.15) is 9.61 Å². The molecule has 5 rings (SSSR count). The van der Waals surface area contributed by atoms with Gasteiger partial charge in [-0.25, -0.2) is 9.38 Å². The van der Waals surface area contributed by atoms with E-state index in [0.29, 0.717) is 16.9 Å². The van der Waals surface area contributed by atoms with Gasteiger partial charge in [-0.1, -0.05) is 18.7 Å². The van der Waals surface area contributed by atoms with Crippen LogP contribution in [0.25, 0.3) is 21.6 Å². The number of hydrogen-bond donors (Lipinski definition) is 1. The standard InChI is InChI=1S/C15H15N7OS2/c1-7-2-3-8-9(4-7)25-13-11(8)12-17-6-18-22(12)14-19-20-15(21(13)14)24-5-10(16)23/h6-7H,2-5H2,1H3,(H2,16,23)/t7-/m1/s1. The van der Waals surface area contributed by atoms with Crippen LogP contribution in [-0.4, -0.2) is 40.9 Å². The third-order valence-electron chi connectivity index (χ3n) is 4.62. The lowest BCUT2D eigenvalue weighted by Crippen LogP contribution is -2.13. The predicted octanol–water partition coefficient (Wildman–Crippen LogP) is 1.69. The highest BCUT2D eigenvalue weighted by molar-refractivity contribution is 7.99. The van der Waals surface area contributed by atoms with Crippen LogP contribution in [0.4, 0.5) is 0 Å². The van der Waals surface area contributed by atoms with E-state index in [1.807, 2.05) is 4.40 Å². The molecule has 128 valence electrons. The van der Waals surface area contributed by atoms with Crippen molar-refractivity contribution in [2.45, 2.75) is 31.3 Å². The molecular formula is C15H15N7OS2. The Hall–Kier alpha value is -2.20. The van der Waals surface area contributed by atoms with Gasteiger partial charge >= 0.3 is 0 Å². The number of thioether (sulfide) groups is 1. The van der Waals surface area contributed by atoms with Crippen LogP contribution in [0.3, 0.4) is 0 Å². The summed E-state index contributed by atoms with van der Waals surface area (Å²) in [5, 5.41) is 14.7. The maximum atomic E-state index is 11.2. The first-order valence-corrected chi connectivity index (χ1v) is 9.86. The van der Waals surface area contributed by atoms with E-state index in [-0.39, 0.29) is 11.7 Å². The van der Waals surface area contributed by atoms with Gasteiger partial charge in [0.2, 0.25) is 5.91 Å². The van der Waals surface area contributed by atoms with E-state index in [1.54, 1.807) is 22.2 Å². The Kier molecular flexibility index (Phi) is 3.26. The molecule has 10 heteroatoms. The number of fused-ring (bicyclic) bond motifs is 8. The smallest absolute Gasteiger partial charge is 0.260 e. The summed E-state index contributed by atoms with van der Waals surface area (Å²) in [5.41, 5.74) is 7.49. The van der Waals surface area contributed by atoms with E-state index in [4.69, 9.17) is 5.73 Å². The fourth-order valence-electron chi connectivity index (χ4n) is 3.49. The molecule has 1 amide bonds. The molecule has 0 fully saturated rings. The molecule has 0 unspecified atom stereocenters. The molecule has 4 aromatic rings. The molecule has 1 aliphatic carbocycles. The third kappa shape index (κ3) is 2.17. The summed E-state index contributed by atoms with van der Waals surface area (Å²) in [4.78, 5) is 18.1. The van der Waals surface area contributed by atoms with Crippen LogP contribution < -0.4 is 5.73 Å². The molecule has 0 spiro atoms. The number of nitrogens with zero attached hydrogens (tertiary/aromatic N) is 6. The molecule has 0 saturated carbocycles. The first-order valence-electron chi connectivity index (χ1n) is 8.05. The van der Waals surface area contributed by atoms with E-state index in [2.05, 4.69) is 27.2 Å². The van der Waals surface area contributed by atoms with Crippen LogP contribution in [-0.2, 0) is 17.6 Å². The molecule has 4 heterocycles. The van der Waals surface area contributed by atoms with E-state index < -0.39 is 0 Å². The largest absolute Gasteiger partial charge is 0.369 e. The fraction of sp³-hybridized carbons (Fsp3) is 0.400. The monoisotopic (exact) mass is 373 g/mol.